The minimum atomic E-state index is -1.46. The molecule has 0 aromatic heterocycles. The Morgan fingerprint density at radius 1 is 1.00 bits per heavy atom. The van der Waals surface area contributed by atoms with Gasteiger partial charge in [-0.2, -0.15) is 0 Å². The van der Waals surface area contributed by atoms with E-state index in [1.165, 1.54) is 23.1 Å². The normalized spacial score (nSPS) is 16.7. The summed E-state index contributed by atoms with van der Waals surface area (Å²) in [6.45, 7) is 11.0. The molecule has 36 heavy (non-hydrogen) atoms. The SMILES string of the molecule is C=Cc1c(-c2cc3c(cc2F)OC(I)(C=C)C(=O)N3Cc2ccc(OC)cc2)cc(F)c(F)c1C=C. The van der Waals surface area contributed by atoms with Gasteiger partial charge in [0.15, 0.2) is 11.6 Å². The Hall–Kier alpha value is -3.53. The molecule has 1 amide bonds. The quantitative estimate of drug-likeness (QED) is 0.162. The Kier molecular flexibility index (Phi) is 6.99. The zero-order valence-electron chi connectivity index (χ0n) is 19.3. The van der Waals surface area contributed by atoms with Gasteiger partial charge >= 0.3 is 0 Å². The topological polar surface area (TPSA) is 38.8 Å². The van der Waals surface area contributed by atoms with Gasteiger partial charge < -0.3 is 9.47 Å². The predicted molar refractivity (Wildman–Crippen MR) is 144 cm³/mol. The Bertz CT molecular complexity index is 1400. The summed E-state index contributed by atoms with van der Waals surface area (Å²) in [4.78, 5) is 14.9. The first-order valence-corrected chi connectivity index (χ1v) is 11.8. The van der Waals surface area contributed by atoms with Crippen LogP contribution in [0.15, 0.2) is 68.3 Å². The standard InChI is InChI=1S/C28H21F3INO3/c1-5-18-19(6-2)26(31)23(30)12-20(18)21-13-24-25(14-22(21)29)36-28(32,7-3)27(34)33(24)15-16-8-10-17(35-4)11-9-16/h5-14H,1-3,15H2,4H3. The lowest BCUT2D eigenvalue weighted by atomic mass is 9.93. The third-order valence-electron chi connectivity index (χ3n) is 5.89. The maximum Gasteiger partial charge on any atom is 0.286 e. The van der Waals surface area contributed by atoms with Crippen LogP contribution in [0.2, 0.25) is 0 Å². The highest BCUT2D eigenvalue weighted by Gasteiger charge is 2.45. The van der Waals surface area contributed by atoms with E-state index in [0.29, 0.717) is 5.75 Å². The fourth-order valence-electron chi connectivity index (χ4n) is 4.04. The Labute approximate surface area is 220 Å². The van der Waals surface area contributed by atoms with E-state index >= 15 is 4.39 Å². The van der Waals surface area contributed by atoms with Crippen molar-refractivity contribution in [2.75, 3.05) is 12.0 Å². The summed E-state index contributed by atoms with van der Waals surface area (Å²) in [6, 6.07) is 10.5. The third-order valence-corrected chi connectivity index (χ3v) is 7.01. The second-order valence-corrected chi connectivity index (χ2v) is 9.55. The largest absolute Gasteiger partial charge is 0.497 e. The fourth-order valence-corrected chi connectivity index (χ4v) is 4.57. The van der Waals surface area contributed by atoms with Crippen molar-refractivity contribution in [2.24, 2.45) is 0 Å². The van der Waals surface area contributed by atoms with Crippen LogP contribution in [0.25, 0.3) is 23.3 Å². The molecule has 1 aliphatic heterocycles. The highest BCUT2D eigenvalue weighted by atomic mass is 127. The molecule has 0 saturated heterocycles. The number of carbonyl (C=O) groups is 1. The van der Waals surface area contributed by atoms with Gasteiger partial charge in [0.1, 0.15) is 17.3 Å². The Morgan fingerprint density at radius 3 is 2.25 bits per heavy atom. The van der Waals surface area contributed by atoms with Crippen LogP contribution in [-0.2, 0) is 11.3 Å². The highest BCUT2D eigenvalue weighted by Crippen LogP contribution is 2.46. The highest BCUT2D eigenvalue weighted by molar-refractivity contribution is 14.1. The molecule has 0 fully saturated rings. The molecule has 0 N–H and O–H groups in total. The summed E-state index contributed by atoms with van der Waals surface area (Å²) in [5.41, 5.74) is 1.08. The van der Waals surface area contributed by atoms with Crippen molar-refractivity contribution < 1.29 is 27.4 Å². The molecule has 1 aliphatic rings. The lowest BCUT2D eigenvalue weighted by Crippen LogP contribution is -2.50. The van der Waals surface area contributed by atoms with Gasteiger partial charge in [0, 0.05) is 17.2 Å². The number of alkyl halides is 1. The molecular formula is C28H21F3INO3. The van der Waals surface area contributed by atoms with Crippen molar-refractivity contribution in [1.29, 1.82) is 0 Å². The second-order valence-electron chi connectivity index (χ2n) is 7.95. The molecule has 1 unspecified atom stereocenters. The predicted octanol–water partition coefficient (Wildman–Crippen LogP) is 7.31. The number of ether oxygens (including phenoxy) is 2. The van der Waals surface area contributed by atoms with Crippen molar-refractivity contribution in [1.82, 2.24) is 0 Å². The number of hydrogen-bond donors (Lipinski definition) is 0. The van der Waals surface area contributed by atoms with E-state index in [1.807, 2.05) is 22.6 Å². The number of fused-ring (bicyclic) bond motifs is 1. The summed E-state index contributed by atoms with van der Waals surface area (Å²) in [5, 5.41) is 0. The lowest BCUT2D eigenvalue weighted by molar-refractivity contribution is -0.125. The van der Waals surface area contributed by atoms with E-state index in [0.717, 1.165) is 23.8 Å². The van der Waals surface area contributed by atoms with Crippen LogP contribution >= 0.6 is 22.6 Å². The summed E-state index contributed by atoms with van der Waals surface area (Å²) in [5.74, 6) is -2.70. The van der Waals surface area contributed by atoms with Crippen molar-refractivity contribution in [2.45, 2.75) is 10.2 Å². The number of benzene rings is 3. The minimum Gasteiger partial charge on any atom is -0.497 e. The number of methoxy groups -OCH3 is 1. The number of halogens is 4. The van der Waals surface area contributed by atoms with E-state index in [9.17, 15) is 13.6 Å². The Balaban J connectivity index is 1.92. The van der Waals surface area contributed by atoms with Crippen LogP contribution in [-0.4, -0.2) is 16.6 Å². The molecule has 4 nitrogen and oxygen atoms in total. The van der Waals surface area contributed by atoms with Crippen molar-refractivity contribution in [3.8, 4) is 22.6 Å². The monoisotopic (exact) mass is 603 g/mol. The second kappa shape index (κ2) is 9.85. The number of nitrogens with zero attached hydrogens (tertiary/aromatic N) is 1. The first kappa shape index (κ1) is 25.6. The summed E-state index contributed by atoms with van der Waals surface area (Å²) in [6.07, 6.45) is 3.79. The van der Waals surface area contributed by atoms with E-state index in [4.69, 9.17) is 9.47 Å². The number of carbonyl (C=O) groups excluding carboxylic acids is 1. The van der Waals surface area contributed by atoms with E-state index in [1.54, 1.807) is 31.4 Å². The maximum absolute atomic E-state index is 15.4. The van der Waals surface area contributed by atoms with Crippen LogP contribution in [0.1, 0.15) is 16.7 Å². The molecule has 0 spiro atoms. The molecule has 0 bridgehead atoms. The molecule has 1 heterocycles. The molecule has 4 rings (SSSR count). The van der Waals surface area contributed by atoms with Gasteiger partial charge in [0.25, 0.3) is 9.51 Å². The molecule has 3 aromatic rings. The molecule has 3 aromatic carbocycles. The minimum absolute atomic E-state index is 0.0543. The van der Waals surface area contributed by atoms with Crippen LogP contribution in [0.3, 0.4) is 0 Å². The number of rotatable bonds is 7. The molecule has 0 aliphatic carbocycles. The number of anilines is 1. The molecule has 184 valence electrons. The first-order valence-electron chi connectivity index (χ1n) is 10.7. The van der Waals surface area contributed by atoms with Gasteiger partial charge in [-0.15, -0.1) is 0 Å². The average Bonchev–Trinajstić information content (AvgIpc) is 2.88. The molecule has 0 saturated carbocycles. The number of amides is 1. The van der Waals surface area contributed by atoms with Gasteiger partial charge in [-0.05, 0) is 69.6 Å². The van der Waals surface area contributed by atoms with Crippen molar-refractivity contribution >= 4 is 46.3 Å². The van der Waals surface area contributed by atoms with Crippen molar-refractivity contribution in [3.05, 3.63) is 102 Å². The van der Waals surface area contributed by atoms with Crippen LogP contribution in [0.4, 0.5) is 18.9 Å². The van der Waals surface area contributed by atoms with Gasteiger partial charge in [0.2, 0.25) is 0 Å². The van der Waals surface area contributed by atoms with Crippen LogP contribution < -0.4 is 14.4 Å². The fraction of sp³-hybridized carbons (Fsp3) is 0.107. The van der Waals surface area contributed by atoms with E-state index in [-0.39, 0.29) is 40.2 Å². The average molecular weight is 603 g/mol. The van der Waals surface area contributed by atoms with Gasteiger partial charge in [-0.25, -0.2) is 13.2 Å². The van der Waals surface area contributed by atoms with Crippen LogP contribution in [0.5, 0.6) is 11.5 Å². The number of hydrogen-bond acceptors (Lipinski definition) is 3. The summed E-state index contributed by atoms with van der Waals surface area (Å²) < 4.78 is 53.8. The van der Waals surface area contributed by atoms with Gasteiger partial charge in [-0.1, -0.05) is 44.0 Å². The molecule has 1 atom stereocenters. The third kappa shape index (κ3) is 4.30. The van der Waals surface area contributed by atoms with Gasteiger partial charge in [0.05, 0.1) is 19.3 Å². The summed E-state index contributed by atoms with van der Waals surface area (Å²) >= 11 is 1.82. The smallest absolute Gasteiger partial charge is 0.286 e. The zero-order chi connectivity index (χ0) is 26.2. The molecular weight excluding hydrogens is 582 g/mol. The maximum atomic E-state index is 15.4. The first-order chi connectivity index (χ1) is 17.2. The summed E-state index contributed by atoms with van der Waals surface area (Å²) in [7, 11) is 1.55. The van der Waals surface area contributed by atoms with Gasteiger partial charge in [-0.3, -0.25) is 9.69 Å². The molecule has 8 heteroatoms. The van der Waals surface area contributed by atoms with E-state index < -0.39 is 27.0 Å². The van der Waals surface area contributed by atoms with E-state index in [2.05, 4.69) is 19.7 Å². The van der Waals surface area contributed by atoms with Crippen molar-refractivity contribution in [3.63, 3.8) is 0 Å². The molecule has 0 radical (unpaired) electrons. The lowest BCUT2D eigenvalue weighted by Gasteiger charge is -2.38. The Morgan fingerprint density at radius 2 is 1.67 bits per heavy atom. The zero-order valence-corrected chi connectivity index (χ0v) is 21.4. The van der Waals surface area contributed by atoms with Crippen LogP contribution in [0, 0.1) is 17.5 Å².